The lowest BCUT2D eigenvalue weighted by Gasteiger charge is -2.04. The number of halogens is 1. The van der Waals surface area contributed by atoms with E-state index in [1.807, 2.05) is 41.8 Å². The highest BCUT2D eigenvalue weighted by Gasteiger charge is 2.06. The summed E-state index contributed by atoms with van der Waals surface area (Å²) in [5.41, 5.74) is 2.00. The number of rotatable bonds is 1. The molecule has 2 aromatic heterocycles. The molecule has 0 spiro atoms. The van der Waals surface area contributed by atoms with Gasteiger partial charge in [0, 0.05) is 6.07 Å². The Balaban J connectivity index is 2.27. The predicted octanol–water partition coefficient (Wildman–Crippen LogP) is 2.89. The van der Waals surface area contributed by atoms with Crippen molar-refractivity contribution in [2.45, 2.75) is 6.92 Å². The van der Waals surface area contributed by atoms with Crippen LogP contribution in [0.15, 0.2) is 41.3 Å². The van der Waals surface area contributed by atoms with Gasteiger partial charge in [-0.05, 0) is 35.0 Å². The summed E-state index contributed by atoms with van der Waals surface area (Å²) in [5, 5.41) is 0. The van der Waals surface area contributed by atoms with Crippen LogP contribution in [-0.4, -0.2) is 19.5 Å². The highest BCUT2D eigenvalue weighted by Crippen LogP contribution is 2.18. The topological polar surface area (TPSA) is 43.6 Å². The zero-order valence-corrected chi connectivity index (χ0v) is 10.7. The summed E-state index contributed by atoms with van der Waals surface area (Å²) < 4.78 is 2.73. The number of imidazole rings is 1. The highest BCUT2D eigenvalue weighted by atomic mass is 79.9. The maximum Gasteiger partial charge on any atom is 0.143 e. The SMILES string of the molecule is Cc1nc(Br)cc(-n2cnc3ccccc32)n1. The Labute approximate surface area is 106 Å². The Morgan fingerprint density at radius 1 is 1.18 bits per heavy atom. The third-order valence-electron chi connectivity index (χ3n) is 2.49. The number of benzene rings is 1. The minimum absolute atomic E-state index is 0.729. The van der Waals surface area contributed by atoms with E-state index < -0.39 is 0 Å². The lowest BCUT2D eigenvalue weighted by molar-refractivity contribution is 0.944. The molecule has 0 atom stereocenters. The fraction of sp³-hybridized carbons (Fsp3) is 0.0833. The van der Waals surface area contributed by atoms with Gasteiger partial charge in [0.1, 0.15) is 22.6 Å². The zero-order chi connectivity index (χ0) is 11.8. The van der Waals surface area contributed by atoms with Crippen LogP contribution in [0.3, 0.4) is 0 Å². The van der Waals surface area contributed by atoms with Crippen molar-refractivity contribution in [3.8, 4) is 5.82 Å². The molecule has 0 aliphatic rings. The lowest BCUT2D eigenvalue weighted by Crippen LogP contribution is -1.99. The van der Waals surface area contributed by atoms with Crippen LogP contribution in [0, 0.1) is 6.92 Å². The summed E-state index contributed by atoms with van der Waals surface area (Å²) in [6.45, 7) is 1.87. The quantitative estimate of drug-likeness (QED) is 0.647. The van der Waals surface area contributed by atoms with Crippen molar-refractivity contribution in [3.63, 3.8) is 0 Å². The average Bonchev–Trinajstić information content (AvgIpc) is 2.71. The molecule has 0 aliphatic heterocycles. The molecular formula is C12H9BrN4. The van der Waals surface area contributed by atoms with E-state index in [0.717, 1.165) is 27.3 Å². The van der Waals surface area contributed by atoms with Gasteiger partial charge in [0.05, 0.1) is 11.0 Å². The van der Waals surface area contributed by atoms with Crippen molar-refractivity contribution < 1.29 is 0 Å². The second-order valence-electron chi connectivity index (χ2n) is 3.70. The molecule has 84 valence electrons. The molecule has 0 aliphatic carbocycles. The smallest absolute Gasteiger partial charge is 0.143 e. The van der Waals surface area contributed by atoms with E-state index in [4.69, 9.17) is 0 Å². The summed E-state index contributed by atoms with van der Waals surface area (Å²) in [6, 6.07) is 9.84. The summed E-state index contributed by atoms with van der Waals surface area (Å²) in [7, 11) is 0. The molecule has 0 saturated heterocycles. The van der Waals surface area contributed by atoms with E-state index in [0.29, 0.717) is 0 Å². The molecule has 3 aromatic rings. The van der Waals surface area contributed by atoms with Crippen molar-refractivity contribution in [1.82, 2.24) is 19.5 Å². The third-order valence-corrected chi connectivity index (χ3v) is 2.90. The van der Waals surface area contributed by atoms with Gasteiger partial charge in [0.25, 0.3) is 0 Å². The average molecular weight is 289 g/mol. The highest BCUT2D eigenvalue weighted by molar-refractivity contribution is 9.10. The Kier molecular flexibility index (Phi) is 2.40. The molecule has 0 unspecified atom stereocenters. The van der Waals surface area contributed by atoms with Crippen molar-refractivity contribution in [2.24, 2.45) is 0 Å². The molecule has 1 aromatic carbocycles. The minimum atomic E-state index is 0.729. The Morgan fingerprint density at radius 3 is 2.82 bits per heavy atom. The van der Waals surface area contributed by atoms with Gasteiger partial charge in [-0.25, -0.2) is 15.0 Å². The van der Waals surface area contributed by atoms with Crippen LogP contribution in [-0.2, 0) is 0 Å². The van der Waals surface area contributed by atoms with E-state index in [9.17, 15) is 0 Å². The molecule has 0 fully saturated rings. The van der Waals surface area contributed by atoms with Crippen molar-refractivity contribution in [2.75, 3.05) is 0 Å². The number of para-hydroxylation sites is 2. The molecule has 2 heterocycles. The van der Waals surface area contributed by atoms with Crippen molar-refractivity contribution in [1.29, 1.82) is 0 Å². The Hall–Kier alpha value is -1.75. The van der Waals surface area contributed by atoms with E-state index in [2.05, 4.69) is 30.9 Å². The van der Waals surface area contributed by atoms with Gasteiger partial charge in [-0.2, -0.15) is 0 Å². The molecule has 0 N–H and O–H groups in total. The zero-order valence-electron chi connectivity index (χ0n) is 9.13. The summed E-state index contributed by atoms with van der Waals surface area (Å²) in [6.07, 6.45) is 1.78. The normalized spacial score (nSPS) is 10.9. The first-order valence-electron chi connectivity index (χ1n) is 5.18. The van der Waals surface area contributed by atoms with Crippen LogP contribution in [0.2, 0.25) is 0 Å². The molecular weight excluding hydrogens is 280 g/mol. The molecule has 0 radical (unpaired) electrons. The van der Waals surface area contributed by atoms with E-state index in [1.165, 1.54) is 0 Å². The van der Waals surface area contributed by atoms with Gasteiger partial charge in [0.2, 0.25) is 0 Å². The molecule has 0 bridgehead atoms. The lowest BCUT2D eigenvalue weighted by atomic mass is 10.3. The molecule has 0 saturated carbocycles. The van der Waals surface area contributed by atoms with Gasteiger partial charge >= 0.3 is 0 Å². The summed E-state index contributed by atoms with van der Waals surface area (Å²) >= 11 is 3.38. The molecule has 5 heteroatoms. The van der Waals surface area contributed by atoms with Crippen LogP contribution in [0.1, 0.15) is 5.82 Å². The van der Waals surface area contributed by atoms with Crippen LogP contribution < -0.4 is 0 Å². The number of fused-ring (bicyclic) bond motifs is 1. The van der Waals surface area contributed by atoms with Crippen LogP contribution >= 0.6 is 15.9 Å². The molecule has 0 amide bonds. The van der Waals surface area contributed by atoms with Crippen LogP contribution in [0.5, 0.6) is 0 Å². The standard InChI is InChI=1S/C12H9BrN4/c1-8-15-11(13)6-12(16-8)17-7-14-9-4-2-3-5-10(9)17/h2-7H,1H3. The predicted molar refractivity (Wildman–Crippen MR) is 69.1 cm³/mol. The minimum Gasteiger partial charge on any atom is -0.283 e. The number of hydrogen-bond donors (Lipinski definition) is 0. The Bertz CT molecular complexity index is 670. The van der Waals surface area contributed by atoms with Crippen molar-refractivity contribution in [3.05, 3.63) is 47.1 Å². The largest absolute Gasteiger partial charge is 0.283 e. The van der Waals surface area contributed by atoms with Gasteiger partial charge in [-0.15, -0.1) is 0 Å². The first-order valence-corrected chi connectivity index (χ1v) is 5.97. The first-order chi connectivity index (χ1) is 8.24. The van der Waals surface area contributed by atoms with Gasteiger partial charge in [0.15, 0.2) is 0 Å². The third kappa shape index (κ3) is 1.82. The van der Waals surface area contributed by atoms with Gasteiger partial charge in [-0.1, -0.05) is 12.1 Å². The number of aryl methyl sites for hydroxylation is 1. The molecule has 17 heavy (non-hydrogen) atoms. The monoisotopic (exact) mass is 288 g/mol. The summed E-state index contributed by atoms with van der Waals surface area (Å²) in [5.74, 6) is 1.55. The fourth-order valence-electron chi connectivity index (χ4n) is 1.78. The maximum atomic E-state index is 4.41. The Morgan fingerprint density at radius 2 is 2.00 bits per heavy atom. The van der Waals surface area contributed by atoms with E-state index in [-0.39, 0.29) is 0 Å². The van der Waals surface area contributed by atoms with Crippen molar-refractivity contribution >= 4 is 27.0 Å². The second-order valence-corrected chi connectivity index (χ2v) is 4.51. The number of nitrogens with zero attached hydrogens (tertiary/aromatic N) is 4. The van der Waals surface area contributed by atoms with Crippen LogP contribution in [0.4, 0.5) is 0 Å². The van der Waals surface area contributed by atoms with E-state index >= 15 is 0 Å². The summed E-state index contributed by atoms with van der Waals surface area (Å²) in [4.78, 5) is 12.9. The number of hydrogen-bond acceptors (Lipinski definition) is 3. The van der Waals surface area contributed by atoms with Gasteiger partial charge in [-0.3, -0.25) is 4.57 Å². The van der Waals surface area contributed by atoms with Gasteiger partial charge < -0.3 is 0 Å². The first kappa shape index (κ1) is 10.4. The molecule has 3 rings (SSSR count). The van der Waals surface area contributed by atoms with E-state index in [1.54, 1.807) is 6.33 Å². The fourth-order valence-corrected chi connectivity index (χ4v) is 2.24. The van der Waals surface area contributed by atoms with Crippen LogP contribution in [0.25, 0.3) is 16.9 Å². The maximum absolute atomic E-state index is 4.41. The second kappa shape index (κ2) is 3.92. The number of aromatic nitrogens is 4. The molecule has 4 nitrogen and oxygen atoms in total.